The summed E-state index contributed by atoms with van der Waals surface area (Å²) in [5.41, 5.74) is 0.731. The number of hydrogen-bond acceptors (Lipinski definition) is 21. The maximum Gasteiger partial charge on any atom is 0.217 e. The van der Waals surface area contributed by atoms with Crippen LogP contribution >= 0.6 is 0 Å². The van der Waals surface area contributed by atoms with E-state index in [9.17, 15) is 66.1 Å². The number of carbonyl (C=O) groups is 1. The molecule has 0 aliphatic carbocycles. The molecule has 55 heavy (non-hydrogen) atoms. The Bertz CT molecular complexity index is 1330. The van der Waals surface area contributed by atoms with Gasteiger partial charge in [0, 0.05) is 6.92 Å². The van der Waals surface area contributed by atoms with Gasteiger partial charge in [0.25, 0.3) is 0 Å². The third-order valence-corrected chi connectivity index (χ3v) is 9.84. The van der Waals surface area contributed by atoms with Crippen LogP contribution in [0.15, 0.2) is 30.3 Å². The summed E-state index contributed by atoms with van der Waals surface area (Å²) in [7, 11) is 0. The van der Waals surface area contributed by atoms with Gasteiger partial charge >= 0.3 is 0 Å². The van der Waals surface area contributed by atoms with Gasteiger partial charge in [0.15, 0.2) is 25.2 Å². The summed E-state index contributed by atoms with van der Waals surface area (Å²) in [6.45, 7) is -2.27. The highest BCUT2D eigenvalue weighted by atomic mass is 16.8. The minimum Gasteiger partial charge on any atom is -0.394 e. The zero-order valence-corrected chi connectivity index (χ0v) is 29.5. The lowest BCUT2D eigenvalue weighted by Gasteiger charge is -2.49. The number of hydrogen-bond donors (Lipinski definition) is 13. The van der Waals surface area contributed by atoms with Crippen LogP contribution in [0.2, 0.25) is 0 Å². The summed E-state index contributed by atoms with van der Waals surface area (Å²) in [6.07, 6.45) is -32.6. The van der Waals surface area contributed by atoms with Crippen LogP contribution in [0.25, 0.3) is 0 Å². The van der Waals surface area contributed by atoms with Gasteiger partial charge < -0.3 is 104 Å². The van der Waals surface area contributed by atoms with Crippen molar-refractivity contribution >= 4 is 5.91 Å². The van der Waals surface area contributed by atoms with E-state index in [0.29, 0.717) is 0 Å². The number of rotatable bonds is 14. The Morgan fingerprint density at radius 3 is 1.55 bits per heavy atom. The third-order valence-electron chi connectivity index (χ3n) is 9.84. The Morgan fingerprint density at radius 1 is 0.545 bits per heavy atom. The fourth-order valence-corrected chi connectivity index (χ4v) is 6.82. The van der Waals surface area contributed by atoms with Crippen molar-refractivity contribution in [1.29, 1.82) is 0 Å². The molecule has 4 heterocycles. The average molecular weight is 798 g/mol. The van der Waals surface area contributed by atoms with Crippen LogP contribution in [0.3, 0.4) is 0 Å². The predicted molar refractivity (Wildman–Crippen MR) is 174 cm³/mol. The predicted octanol–water partition coefficient (Wildman–Crippen LogP) is -7.38. The van der Waals surface area contributed by atoms with Gasteiger partial charge in [-0.2, -0.15) is 0 Å². The fraction of sp³-hybridized carbons (Fsp3) is 0.788. The highest BCUT2D eigenvalue weighted by Gasteiger charge is 2.55. The summed E-state index contributed by atoms with van der Waals surface area (Å²) in [5.74, 6) is -0.689. The average Bonchev–Trinajstić information content (AvgIpc) is 3.18. The van der Waals surface area contributed by atoms with Crippen molar-refractivity contribution in [3.8, 4) is 0 Å². The second kappa shape index (κ2) is 19.6. The first-order chi connectivity index (χ1) is 26.2. The molecule has 4 fully saturated rings. The molecule has 13 N–H and O–H groups in total. The van der Waals surface area contributed by atoms with Gasteiger partial charge in [-0.1, -0.05) is 30.3 Å². The molecule has 20 atom stereocenters. The van der Waals surface area contributed by atoms with E-state index in [1.807, 2.05) is 0 Å². The van der Waals surface area contributed by atoms with Crippen molar-refractivity contribution in [2.24, 2.45) is 0 Å². The topological polar surface area (TPSA) is 346 Å². The SMILES string of the molecule is CC(=O)N[C@H]1[C@H](O[C@H]2[C@@H](O)[C@@H](CO)O[C@H](O[C@@H]3[C@H](O)[C@@H](O)[C@H](O[C@H]4[C@H](O)[C@@H](O)[C@H](OCc5ccccc5)O[C@@H]4CO)O[C@@H]3CO)[C@@H]2O)O[C@H](CO)[C@H](O)[C@@H]1O. The zero-order chi connectivity index (χ0) is 40.1. The van der Waals surface area contributed by atoms with Crippen LogP contribution < -0.4 is 5.32 Å². The smallest absolute Gasteiger partial charge is 0.217 e. The van der Waals surface area contributed by atoms with E-state index in [1.165, 1.54) is 0 Å². The van der Waals surface area contributed by atoms with E-state index in [4.69, 9.17) is 37.9 Å². The van der Waals surface area contributed by atoms with Crippen molar-refractivity contribution in [2.75, 3.05) is 26.4 Å². The maximum absolute atomic E-state index is 11.9. The Morgan fingerprint density at radius 2 is 1.00 bits per heavy atom. The number of benzene rings is 1. The Labute approximate surface area is 313 Å². The molecule has 22 nitrogen and oxygen atoms in total. The van der Waals surface area contributed by atoms with Gasteiger partial charge in [0.1, 0.15) is 97.6 Å². The molecule has 314 valence electrons. The lowest BCUT2D eigenvalue weighted by molar-refractivity contribution is -0.386. The fourth-order valence-electron chi connectivity index (χ4n) is 6.82. The van der Waals surface area contributed by atoms with Crippen LogP contribution in [0.5, 0.6) is 0 Å². The summed E-state index contributed by atoms with van der Waals surface area (Å²) in [4.78, 5) is 11.9. The number of nitrogens with one attached hydrogen (secondary N) is 1. The molecule has 0 saturated carbocycles. The molecule has 4 aliphatic rings. The van der Waals surface area contributed by atoms with E-state index in [1.54, 1.807) is 30.3 Å². The molecule has 0 aromatic heterocycles. The molecule has 0 unspecified atom stereocenters. The summed E-state index contributed by atoms with van der Waals surface area (Å²) >= 11 is 0. The number of ether oxygens (including phenoxy) is 8. The van der Waals surface area contributed by atoms with Gasteiger partial charge in [-0.05, 0) is 5.56 Å². The lowest BCUT2D eigenvalue weighted by atomic mass is 9.95. The first-order valence-electron chi connectivity index (χ1n) is 17.6. The van der Waals surface area contributed by atoms with Crippen molar-refractivity contribution in [2.45, 2.75) is 136 Å². The monoisotopic (exact) mass is 797 g/mol. The summed E-state index contributed by atoms with van der Waals surface area (Å²) in [6, 6.07) is 7.36. The molecule has 1 aromatic rings. The molecule has 0 radical (unpaired) electrons. The number of carbonyl (C=O) groups excluding carboxylic acids is 1. The van der Waals surface area contributed by atoms with Crippen LogP contribution in [-0.4, -0.2) is 216 Å². The summed E-state index contributed by atoms with van der Waals surface area (Å²) < 4.78 is 45.2. The highest BCUT2D eigenvalue weighted by Crippen LogP contribution is 2.34. The molecule has 22 heteroatoms. The van der Waals surface area contributed by atoms with E-state index < -0.39 is 155 Å². The van der Waals surface area contributed by atoms with E-state index in [0.717, 1.165) is 12.5 Å². The van der Waals surface area contributed by atoms with Crippen molar-refractivity contribution < 1.29 is 104 Å². The summed E-state index contributed by atoms with van der Waals surface area (Å²) in [5, 5.41) is 129. The van der Waals surface area contributed by atoms with Crippen molar-refractivity contribution in [3.63, 3.8) is 0 Å². The van der Waals surface area contributed by atoms with Gasteiger partial charge in [-0.15, -0.1) is 0 Å². The van der Waals surface area contributed by atoms with E-state index in [2.05, 4.69) is 5.32 Å². The van der Waals surface area contributed by atoms with E-state index in [-0.39, 0.29) is 6.61 Å². The third kappa shape index (κ3) is 9.78. The standard InChI is InChI=1S/C33H51NO21/c1-12(39)34-18-21(42)19(40)14(7-35)49-30(18)55-29-20(41)15(8-36)50-33(26(29)47)54-28-17(10-38)52-32(25(46)23(28)44)53-27-16(9-37)51-31(24(45)22(27)43)48-11-13-5-3-2-4-6-13/h2-6,14-33,35-38,40-47H,7-11H2,1H3,(H,34,39)/t14-,15-,16-,17-,18-,19+,20+,21-,22-,23-,24-,25-,26-,27-,28+,29+,30+,31-,32+,33-/m1/s1. The molecule has 0 bridgehead atoms. The molecule has 1 amide bonds. The minimum atomic E-state index is -2.02. The molecule has 0 spiro atoms. The number of amides is 1. The maximum atomic E-state index is 11.9. The first-order valence-corrected chi connectivity index (χ1v) is 17.6. The van der Waals surface area contributed by atoms with Gasteiger partial charge in [0.2, 0.25) is 5.91 Å². The minimum absolute atomic E-state index is 0.0111. The van der Waals surface area contributed by atoms with Gasteiger partial charge in [0.05, 0.1) is 33.0 Å². The van der Waals surface area contributed by atoms with Crippen LogP contribution in [0, 0.1) is 0 Å². The Kier molecular flexibility index (Phi) is 15.6. The highest BCUT2D eigenvalue weighted by molar-refractivity contribution is 5.73. The lowest BCUT2D eigenvalue weighted by Crippen LogP contribution is -2.69. The Hall–Kier alpha value is -2.11. The molecule has 5 rings (SSSR count). The zero-order valence-electron chi connectivity index (χ0n) is 29.5. The molecular weight excluding hydrogens is 746 g/mol. The number of aliphatic hydroxyl groups is 12. The number of aliphatic hydroxyl groups excluding tert-OH is 12. The normalized spacial score (nSPS) is 45.3. The second-order valence-electron chi connectivity index (χ2n) is 13.7. The van der Waals surface area contributed by atoms with Crippen LogP contribution in [-0.2, 0) is 49.3 Å². The Balaban J connectivity index is 1.27. The molecule has 4 saturated heterocycles. The van der Waals surface area contributed by atoms with E-state index >= 15 is 0 Å². The van der Waals surface area contributed by atoms with Crippen molar-refractivity contribution in [1.82, 2.24) is 5.32 Å². The van der Waals surface area contributed by atoms with Gasteiger partial charge in [-0.3, -0.25) is 4.79 Å². The van der Waals surface area contributed by atoms with Crippen LogP contribution in [0.1, 0.15) is 12.5 Å². The molecule has 4 aliphatic heterocycles. The quantitative estimate of drug-likeness (QED) is 0.0831. The van der Waals surface area contributed by atoms with Gasteiger partial charge in [-0.25, -0.2) is 0 Å². The van der Waals surface area contributed by atoms with Crippen LogP contribution in [0.4, 0.5) is 0 Å². The first kappa shape index (κ1) is 44.0. The largest absolute Gasteiger partial charge is 0.394 e. The molecule has 1 aromatic carbocycles. The second-order valence-corrected chi connectivity index (χ2v) is 13.7. The molecular formula is C33H51NO21. The van der Waals surface area contributed by atoms with Crippen molar-refractivity contribution in [3.05, 3.63) is 35.9 Å².